The van der Waals surface area contributed by atoms with Gasteiger partial charge >= 0.3 is 0 Å². The number of benzene rings is 2. The lowest BCUT2D eigenvalue weighted by molar-refractivity contribution is 0.0951. The number of hydrogen-bond acceptors (Lipinski definition) is 5. The highest BCUT2D eigenvalue weighted by atomic mass is 35.5. The molecule has 1 saturated heterocycles. The van der Waals surface area contributed by atoms with Crippen molar-refractivity contribution in [2.24, 2.45) is 0 Å². The molecule has 0 atom stereocenters. The molecule has 2 heterocycles. The summed E-state index contributed by atoms with van der Waals surface area (Å²) in [4.78, 5) is 32.8. The fourth-order valence-electron chi connectivity index (χ4n) is 4.34. The second-order valence-corrected chi connectivity index (χ2v) is 9.10. The lowest BCUT2D eigenvalue weighted by Crippen LogP contribution is -2.33. The minimum atomic E-state index is -0.177. The second-order valence-electron chi connectivity index (χ2n) is 9.10. The zero-order valence-electron chi connectivity index (χ0n) is 19.5. The van der Waals surface area contributed by atoms with Crippen LogP contribution in [0.3, 0.4) is 0 Å². The number of amides is 1. The van der Waals surface area contributed by atoms with E-state index in [4.69, 9.17) is 4.74 Å². The van der Waals surface area contributed by atoms with Gasteiger partial charge in [-0.1, -0.05) is 12.5 Å². The number of nitrogens with one attached hydrogen (secondary N) is 1. The van der Waals surface area contributed by atoms with E-state index in [9.17, 15) is 9.59 Å². The van der Waals surface area contributed by atoms with Crippen LogP contribution in [0, 0.1) is 6.92 Å². The maximum Gasteiger partial charge on any atom is 0.265 e. The van der Waals surface area contributed by atoms with Gasteiger partial charge in [-0.05, 0) is 81.6 Å². The van der Waals surface area contributed by atoms with E-state index < -0.39 is 0 Å². The SMILES string of the molecule is Cc1ccc(C(=O)NC2CC2)cc1-n1cnc2ccc(OCCN3CCCCC3)cc2c1=O.Cl. The van der Waals surface area contributed by atoms with Crippen molar-refractivity contribution in [1.29, 1.82) is 0 Å². The fraction of sp³-hybridized carbons (Fsp3) is 0.423. The van der Waals surface area contributed by atoms with Gasteiger partial charge in [-0.2, -0.15) is 0 Å². The minimum Gasteiger partial charge on any atom is -0.492 e. The zero-order valence-corrected chi connectivity index (χ0v) is 20.3. The molecule has 8 heteroatoms. The van der Waals surface area contributed by atoms with E-state index in [-0.39, 0.29) is 29.9 Å². The molecule has 1 saturated carbocycles. The number of aromatic nitrogens is 2. The first-order chi connectivity index (χ1) is 16.1. The molecule has 34 heavy (non-hydrogen) atoms. The van der Waals surface area contributed by atoms with E-state index in [1.54, 1.807) is 18.2 Å². The van der Waals surface area contributed by atoms with Crippen molar-refractivity contribution in [2.45, 2.75) is 45.1 Å². The van der Waals surface area contributed by atoms with Gasteiger partial charge < -0.3 is 10.1 Å². The topological polar surface area (TPSA) is 76.5 Å². The first-order valence-corrected chi connectivity index (χ1v) is 11.9. The van der Waals surface area contributed by atoms with Crippen LogP contribution in [0.4, 0.5) is 0 Å². The monoisotopic (exact) mass is 482 g/mol. The fourth-order valence-corrected chi connectivity index (χ4v) is 4.34. The molecule has 7 nitrogen and oxygen atoms in total. The summed E-state index contributed by atoms with van der Waals surface area (Å²) in [6.45, 7) is 5.68. The Morgan fingerprint density at radius 2 is 1.91 bits per heavy atom. The Morgan fingerprint density at radius 3 is 2.68 bits per heavy atom. The number of carbonyl (C=O) groups excluding carboxylic acids is 1. The summed E-state index contributed by atoms with van der Waals surface area (Å²) in [6.07, 6.45) is 7.41. The molecule has 5 rings (SSSR count). The molecule has 2 aliphatic rings. The first-order valence-electron chi connectivity index (χ1n) is 11.9. The van der Waals surface area contributed by atoms with Crippen molar-refractivity contribution < 1.29 is 9.53 Å². The van der Waals surface area contributed by atoms with E-state index in [1.165, 1.54) is 30.2 Å². The van der Waals surface area contributed by atoms with Gasteiger partial charge in [0.2, 0.25) is 0 Å². The molecule has 2 aromatic carbocycles. The smallest absolute Gasteiger partial charge is 0.265 e. The molecule has 1 aromatic heterocycles. The molecule has 2 fully saturated rings. The Hall–Kier alpha value is -2.90. The second kappa shape index (κ2) is 10.6. The van der Waals surface area contributed by atoms with Crippen molar-refractivity contribution in [2.75, 3.05) is 26.2 Å². The summed E-state index contributed by atoms with van der Waals surface area (Å²) in [5, 5.41) is 3.50. The predicted molar refractivity (Wildman–Crippen MR) is 136 cm³/mol. The zero-order chi connectivity index (χ0) is 22.8. The van der Waals surface area contributed by atoms with Gasteiger partial charge in [0.1, 0.15) is 18.7 Å². The summed E-state index contributed by atoms with van der Waals surface area (Å²) in [5.41, 5.74) is 2.55. The number of rotatable bonds is 7. The molecular weight excluding hydrogens is 452 g/mol. The van der Waals surface area contributed by atoms with Gasteiger partial charge in [0.05, 0.1) is 16.6 Å². The lowest BCUT2D eigenvalue weighted by Gasteiger charge is -2.26. The summed E-state index contributed by atoms with van der Waals surface area (Å²) in [7, 11) is 0. The van der Waals surface area contributed by atoms with Crippen LogP contribution in [0.1, 0.15) is 48.0 Å². The van der Waals surface area contributed by atoms with Crippen molar-refractivity contribution in [3.63, 3.8) is 0 Å². The van der Waals surface area contributed by atoms with Crippen LogP contribution < -0.4 is 15.6 Å². The van der Waals surface area contributed by atoms with E-state index >= 15 is 0 Å². The molecule has 0 radical (unpaired) electrons. The molecule has 3 aromatic rings. The summed E-state index contributed by atoms with van der Waals surface area (Å²) < 4.78 is 7.48. The highest BCUT2D eigenvalue weighted by molar-refractivity contribution is 5.95. The number of ether oxygens (including phenoxy) is 1. The van der Waals surface area contributed by atoms with Crippen molar-refractivity contribution in [3.05, 3.63) is 64.2 Å². The van der Waals surface area contributed by atoms with E-state index in [1.807, 2.05) is 25.1 Å². The molecular formula is C26H31ClN4O3. The number of likely N-dealkylation sites (tertiary alicyclic amines) is 1. The van der Waals surface area contributed by atoms with E-state index in [0.717, 1.165) is 38.0 Å². The molecule has 180 valence electrons. The van der Waals surface area contributed by atoms with Gasteiger partial charge in [-0.15, -0.1) is 12.4 Å². The van der Waals surface area contributed by atoms with Gasteiger partial charge in [0.15, 0.2) is 0 Å². The number of hydrogen-bond donors (Lipinski definition) is 1. The first kappa shape index (κ1) is 24.2. The highest BCUT2D eigenvalue weighted by Gasteiger charge is 2.24. The van der Waals surface area contributed by atoms with Crippen LogP contribution in [0.5, 0.6) is 5.75 Å². The number of piperidine rings is 1. The summed E-state index contributed by atoms with van der Waals surface area (Å²) in [6, 6.07) is 11.2. The van der Waals surface area contributed by atoms with Crippen molar-refractivity contribution in [3.8, 4) is 11.4 Å². The molecule has 1 N–H and O–H groups in total. The maximum atomic E-state index is 13.4. The van der Waals surface area contributed by atoms with Crippen molar-refractivity contribution >= 4 is 29.2 Å². The van der Waals surface area contributed by atoms with Gasteiger partial charge in [0, 0.05) is 18.2 Å². The molecule has 0 bridgehead atoms. The van der Waals surface area contributed by atoms with E-state index in [2.05, 4.69) is 15.2 Å². The number of carbonyl (C=O) groups is 1. The molecule has 1 aliphatic heterocycles. The molecule has 1 aliphatic carbocycles. The van der Waals surface area contributed by atoms with Crippen LogP contribution in [0.25, 0.3) is 16.6 Å². The maximum absolute atomic E-state index is 13.4. The van der Waals surface area contributed by atoms with E-state index in [0.29, 0.717) is 34.5 Å². The average molecular weight is 483 g/mol. The molecule has 1 amide bonds. The Balaban J connectivity index is 0.00000274. The quantitative estimate of drug-likeness (QED) is 0.553. The Labute approximate surface area is 205 Å². The normalized spacial score (nSPS) is 16.1. The number of fused-ring (bicyclic) bond motifs is 1. The molecule has 0 spiro atoms. The van der Waals surface area contributed by atoms with Crippen LogP contribution in [-0.4, -0.2) is 52.6 Å². The molecule has 0 unspecified atom stereocenters. The predicted octanol–water partition coefficient (Wildman–Crippen LogP) is 3.87. The largest absolute Gasteiger partial charge is 0.492 e. The third-order valence-electron chi connectivity index (χ3n) is 6.50. The number of nitrogens with zero attached hydrogens (tertiary/aromatic N) is 3. The Bertz CT molecular complexity index is 1230. The minimum absolute atomic E-state index is 0. The summed E-state index contributed by atoms with van der Waals surface area (Å²) in [5.74, 6) is 0.565. The average Bonchev–Trinajstić information content (AvgIpc) is 3.65. The van der Waals surface area contributed by atoms with Gasteiger partial charge in [-0.25, -0.2) is 4.98 Å². The highest BCUT2D eigenvalue weighted by Crippen LogP contribution is 2.22. The lowest BCUT2D eigenvalue weighted by atomic mass is 10.1. The number of aryl methyl sites for hydroxylation is 1. The Kier molecular flexibility index (Phi) is 7.54. The van der Waals surface area contributed by atoms with Crippen LogP contribution >= 0.6 is 12.4 Å². The van der Waals surface area contributed by atoms with Crippen LogP contribution in [0.15, 0.2) is 47.5 Å². The Morgan fingerprint density at radius 1 is 1.12 bits per heavy atom. The standard InChI is InChI=1S/C26H30N4O3.ClH/c1-18-5-6-19(25(31)28-20-7-8-20)15-24(18)30-17-27-23-10-9-21(16-22(23)26(30)32)33-14-13-29-11-3-2-4-12-29;/h5-6,9-10,15-17,20H,2-4,7-8,11-14H2,1H3,(H,28,31);1H. The van der Waals surface area contributed by atoms with Crippen molar-refractivity contribution in [1.82, 2.24) is 19.8 Å². The van der Waals surface area contributed by atoms with Crippen LogP contribution in [0.2, 0.25) is 0 Å². The van der Waals surface area contributed by atoms with Crippen LogP contribution in [-0.2, 0) is 0 Å². The van der Waals surface area contributed by atoms with Gasteiger partial charge in [0.25, 0.3) is 11.5 Å². The van der Waals surface area contributed by atoms with Gasteiger partial charge in [-0.3, -0.25) is 19.1 Å². The third-order valence-corrected chi connectivity index (χ3v) is 6.50. The number of halogens is 1. The summed E-state index contributed by atoms with van der Waals surface area (Å²) >= 11 is 0. The third kappa shape index (κ3) is 5.42.